The number of benzene rings is 1. The average molecular weight is 375 g/mol. The van der Waals surface area contributed by atoms with Gasteiger partial charge in [0.2, 0.25) is 0 Å². The van der Waals surface area contributed by atoms with E-state index in [1.165, 1.54) is 11.1 Å². The molecule has 0 aliphatic carbocycles. The number of fused-ring (bicyclic) bond motifs is 1. The normalized spacial score (nSPS) is 13.1. The second kappa shape index (κ2) is 8.25. The molecule has 0 radical (unpaired) electrons. The van der Waals surface area contributed by atoms with Crippen LogP contribution in [0.25, 0.3) is 0 Å². The summed E-state index contributed by atoms with van der Waals surface area (Å²) in [5, 5.41) is 3.50. The van der Waals surface area contributed by atoms with E-state index in [4.69, 9.17) is 4.74 Å². The predicted molar refractivity (Wildman–Crippen MR) is 111 cm³/mol. The van der Waals surface area contributed by atoms with Crippen molar-refractivity contribution in [2.24, 2.45) is 0 Å². The smallest absolute Gasteiger partial charge is 0.134 e. The maximum atomic E-state index is 5.44. The van der Waals surface area contributed by atoms with E-state index in [1.807, 2.05) is 24.4 Å². The van der Waals surface area contributed by atoms with Gasteiger partial charge in [0.15, 0.2) is 0 Å². The predicted octanol–water partition coefficient (Wildman–Crippen LogP) is 3.41. The monoisotopic (exact) mass is 375 g/mol. The molecule has 28 heavy (non-hydrogen) atoms. The van der Waals surface area contributed by atoms with E-state index in [0.717, 1.165) is 61.1 Å². The van der Waals surface area contributed by atoms with Crippen LogP contribution in [-0.4, -0.2) is 35.2 Å². The number of hydrogen-bond donors (Lipinski definition) is 1. The van der Waals surface area contributed by atoms with Gasteiger partial charge < -0.3 is 15.0 Å². The molecule has 1 aliphatic rings. The zero-order chi connectivity index (χ0) is 19.3. The molecule has 0 amide bonds. The maximum Gasteiger partial charge on any atom is 0.134 e. The zero-order valence-corrected chi connectivity index (χ0v) is 16.4. The van der Waals surface area contributed by atoms with Gasteiger partial charge in [0.1, 0.15) is 23.7 Å². The number of hydrogen-bond acceptors (Lipinski definition) is 6. The first kappa shape index (κ1) is 18.2. The Kier molecular flexibility index (Phi) is 5.37. The van der Waals surface area contributed by atoms with E-state index < -0.39 is 0 Å². The SMILES string of the molecule is COc1ccccc1CCNc1ncnc2c1CN(c1ccc(C)cn1)CC2. The minimum absolute atomic E-state index is 0.767. The van der Waals surface area contributed by atoms with Gasteiger partial charge >= 0.3 is 0 Å². The number of methoxy groups -OCH3 is 1. The van der Waals surface area contributed by atoms with Gasteiger partial charge in [-0.2, -0.15) is 0 Å². The molecule has 144 valence electrons. The fourth-order valence-electron chi connectivity index (χ4n) is 3.56. The Hall–Kier alpha value is -3.15. The van der Waals surface area contributed by atoms with Gasteiger partial charge in [0, 0.05) is 37.8 Å². The second-order valence-corrected chi connectivity index (χ2v) is 7.00. The Morgan fingerprint density at radius 3 is 2.82 bits per heavy atom. The van der Waals surface area contributed by atoms with E-state index >= 15 is 0 Å². The zero-order valence-electron chi connectivity index (χ0n) is 16.4. The number of nitrogens with zero attached hydrogens (tertiary/aromatic N) is 4. The van der Waals surface area contributed by atoms with Gasteiger partial charge in [0.25, 0.3) is 0 Å². The van der Waals surface area contributed by atoms with E-state index in [2.05, 4.69) is 50.3 Å². The minimum Gasteiger partial charge on any atom is -0.496 e. The van der Waals surface area contributed by atoms with Gasteiger partial charge in [-0.15, -0.1) is 0 Å². The molecule has 6 heteroatoms. The first-order chi connectivity index (χ1) is 13.7. The van der Waals surface area contributed by atoms with Crippen LogP contribution in [0.1, 0.15) is 22.4 Å². The lowest BCUT2D eigenvalue weighted by Crippen LogP contribution is -2.32. The molecule has 0 bridgehead atoms. The van der Waals surface area contributed by atoms with Crippen LogP contribution in [0.2, 0.25) is 0 Å². The molecule has 1 aromatic carbocycles. The topological polar surface area (TPSA) is 63.2 Å². The largest absolute Gasteiger partial charge is 0.496 e. The Morgan fingerprint density at radius 2 is 2.00 bits per heavy atom. The number of aromatic nitrogens is 3. The molecule has 6 nitrogen and oxygen atoms in total. The summed E-state index contributed by atoms with van der Waals surface area (Å²) in [4.78, 5) is 15.9. The molecule has 3 aromatic rings. The summed E-state index contributed by atoms with van der Waals surface area (Å²) in [6, 6.07) is 12.3. The van der Waals surface area contributed by atoms with Crippen molar-refractivity contribution < 1.29 is 4.74 Å². The molecule has 0 unspecified atom stereocenters. The fraction of sp³-hybridized carbons (Fsp3) is 0.318. The number of anilines is 2. The number of para-hydroxylation sites is 1. The van der Waals surface area contributed by atoms with Crippen LogP contribution in [0.4, 0.5) is 11.6 Å². The maximum absolute atomic E-state index is 5.44. The van der Waals surface area contributed by atoms with Crippen LogP contribution in [0.15, 0.2) is 48.9 Å². The van der Waals surface area contributed by atoms with E-state index in [1.54, 1.807) is 13.4 Å². The van der Waals surface area contributed by atoms with E-state index in [0.29, 0.717) is 0 Å². The lowest BCUT2D eigenvalue weighted by atomic mass is 10.1. The van der Waals surface area contributed by atoms with Crippen molar-refractivity contribution in [1.82, 2.24) is 15.0 Å². The first-order valence-corrected chi connectivity index (χ1v) is 9.60. The number of ether oxygens (including phenoxy) is 1. The summed E-state index contributed by atoms with van der Waals surface area (Å²) in [7, 11) is 1.71. The summed E-state index contributed by atoms with van der Waals surface area (Å²) >= 11 is 0. The van der Waals surface area contributed by atoms with Crippen LogP contribution in [0.3, 0.4) is 0 Å². The summed E-state index contributed by atoms with van der Waals surface area (Å²) in [5.74, 6) is 2.84. The van der Waals surface area contributed by atoms with E-state index in [-0.39, 0.29) is 0 Å². The molecule has 0 saturated carbocycles. The minimum atomic E-state index is 0.767. The average Bonchev–Trinajstić information content (AvgIpc) is 2.74. The number of rotatable bonds is 6. The third-order valence-corrected chi connectivity index (χ3v) is 5.10. The van der Waals surface area contributed by atoms with Crippen molar-refractivity contribution in [3.8, 4) is 5.75 Å². The summed E-state index contributed by atoms with van der Waals surface area (Å²) in [6.07, 6.45) is 5.34. The highest BCUT2D eigenvalue weighted by molar-refractivity contribution is 5.52. The van der Waals surface area contributed by atoms with Gasteiger partial charge in [-0.05, 0) is 36.6 Å². The fourth-order valence-corrected chi connectivity index (χ4v) is 3.56. The number of nitrogens with one attached hydrogen (secondary N) is 1. The highest BCUT2D eigenvalue weighted by atomic mass is 16.5. The lowest BCUT2D eigenvalue weighted by Gasteiger charge is -2.30. The Morgan fingerprint density at radius 1 is 1.11 bits per heavy atom. The molecule has 0 saturated heterocycles. The number of aryl methyl sites for hydroxylation is 1. The molecular weight excluding hydrogens is 350 g/mol. The molecule has 1 aliphatic heterocycles. The second-order valence-electron chi connectivity index (χ2n) is 7.00. The van der Waals surface area contributed by atoms with Gasteiger partial charge in [-0.3, -0.25) is 0 Å². The quantitative estimate of drug-likeness (QED) is 0.712. The molecule has 0 atom stereocenters. The van der Waals surface area contributed by atoms with Crippen molar-refractivity contribution >= 4 is 11.6 Å². The summed E-state index contributed by atoms with van der Waals surface area (Å²) in [5.41, 5.74) is 4.64. The van der Waals surface area contributed by atoms with Crippen molar-refractivity contribution in [3.05, 3.63) is 71.3 Å². The molecule has 0 fully saturated rings. The Labute approximate surface area is 165 Å². The van der Waals surface area contributed by atoms with E-state index in [9.17, 15) is 0 Å². The van der Waals surface area contributed by atoms with Gasteiger partial charge in [-0.25, -0.2) is 15.0 Å². The van der Waals surface area contributed by atoms with Crippen molar-refractivity contribution in [1.29, 1.82) is 0 Å². The van der Waals surface area contributed by atoms with Gasteiger partial charge in [0.05, 0.1) is 12.8 Å². The summed E-state index contributed by atoms with van der Waals surface area (Å²) in [6.45, 7) is 4.52. The van der Waals surface area contributed by atoms with Crippen LogP contribution in [0.5, 0.6) is 5.75 Å². The molecular formula is C22H25N5O. The highest BCUT2D eigenvalue weighted by Gasteiger charge is 2.22. The van der Waals surface area contributed by atoms with Crippen LogP contribution in [0, 0.1) is 6.92 Å². The Balaban J connectivity index is 1.47. The molecule has 0 spiro atoms. The van der Waals surface area contributed by atoms with Gasteiger partial charge in [-0.1, -0.05) is 24.3 Å². The van der Waals surface area contributed by atoms with Crippen LogP contribution >= 0.6 is 0 Å². The molecule has 4 rings (SSSR count). The lowest BCUT2D eigenvalue weighted by molar-refractivity contribution is 0.410. The third-order valence-electron chi connectivity index (χ3n) is 5.10. The van der Waals surface area contributed by atoms with Crippen molar-refractivity contribution in [2.75, 3.05) is 30.4 Å². The number of pyridine rings is 1. The highest BCUT2D eigenvalue weighted by Crippen LogP contribution is 2.26. The molecule has 2 aromatic heterocycles. The van der Waals surface area contributed by atoms with Crippen LogP contribution < -0.4 is 15.0 Å². The third kappa shape index (κ3) is 3.91. The molecule has 1 N–H and O–H groups in total. The van der Waals surface area contributed by atoms with Crippen LogP contribution in [-0.2, 0) is 19.4 Å². The first-order valence-electron chi connectivity index (χ1n) is 9.60. The Bertz CT molecular complexity index is 942. The van der Waals surface area contributed by atoms with Crippen molar-refractivity contribution in [3.63, 3.8) is 0 Å². The standard InChI is InChI=1S/C22H25N5O/c1-16-7-8-21(24-13-16)27-12-10-19-18(14-27)22(26-15-25-19)23-11-9-17-5-3-4-6-20(17)28-2/h3-8,13,15H,9-12,14H2,1-2H3,(H,23,25,26). The molecule has 3 heterocycles. The van der Waals surface area contributed by atoms with Crippen molar-refractivity contribution in [2.45, 2.75) is 26.3 Å². The summed E-state index contributed by atoms with van der Waals surface area (Å²) < 4.78 is 5.44.